The maximum atomic E-state index is 3.58. The van der Waals surface area contributed by atoms with Crippen molar-refractivity contribution >= 4 is 5.69 Å². The van der Waals surface area contributed by atoms with Crippen molar-refractivity contribution in [1.29, 1.82) is 0 Å². The molecular weight excluding hydrogens is 232 g/mol. The van der Waals surface area contributed by atoms with E-state index in [1.807, 2.05) is 0 Å². The highest BCUT2D eigenvalue weighted by Crippen LogP contribution is 2.25. The zero-order chi connectivity index (χ0) is 13.7. The van der Waals surface area contributed by atoms with Gasteiger partial charge >= 0.3 is 0 Å². The third-order valence-corrected chi connectivity index (χ3v) is 3.80. The number of hydrogen-bond donors (Lipinski definition) is 1. The van der Waals surface area contributed by atoms with Gasteiger partial charge in [-0.1, -0.05) is 31.5 Å². The topological polar surface area (TPSA) is 15.3 Å². The zero-order valence-electron chi connectivity index (χ0n) is 12.7. The van der Waals surface area contributed by atoms with Crippen LogP contribution in [0.15, 0.2) is 18.2 Å². The second kappa shape index (κ2) is 6.95. The molecular formula is C17H28N2. The van der Waals surface area contributed by atoms with E-state index in [1.165, 1.54) is 49.2 Å². The molecule has 0 aliphatic carbocycles. The van der Waals surface area contributed by atoms with Gasteiger partial charge in [-0.05, 0) is 50.3 Å². The van der Waals surface area contributed by atoms with Crippen molar-refractivity contribution in [2.24, 2.45) is 5.92 Å². The molecule has 1 aliphatic rings. The fraction of sp³-hybridized carbons (Fsp3) is 0.647. The molecule has 2 nitrogen and oxygen atoms in total. The molecule has 1 aliphatic heterocycles. The zero-order valence-corrected chi connectivity index (χ0v) is 12.7. The summed E-state index contributed by atoms with van der Waals surface area (Å²) in [5, 5.41) is 3.58. The van der Waals surface area contributed by atoms with Gasteiger partial charge in [0.15, 0.2) is 0 Å². The van der Waals surface area contributed by atoms with E-state index in [0.717, 1.165) is 13.1 Å². The van der Waals surface area contributed by atoms with Crippen LogP contribution in [-0.4, -0.2) is 19.6 Å². The van der Waals surface area contributed by atoms with E-state index in [0.29, 0.717) is 5.92 Å². The predicted octanol–water partition coefficient (Wildman–Crippen LogP) is 3.73. The molecule has 2 rings (SSSR count). The summed E-state index contributed by atoms with van der Waals surface area (Å²) in [6.07, 6.45) is 4.07. The highest BCUT2D eigenvalue weighted by molar-refractivity contribution is 5.55. The number of benzene rings is 1. The molecule has 1 N–H and O–H groups in total. The molecule has 0 amide bonds. The maximum absolute atomic E-state index is 3.58. The minimum absolute atomic E-state index is 0.711. The van der Waals surface area contributed by atoms with Gasteiger partial charge in [0.05, 0.1) is 0 Å². The number of nitrogens with zero attached hydrogens (tertiary/aromatic N) is 1. The fourth-order valence-electron chi connectivity index (χ4n) is 2.79. The standard InChI is InChI=1S/C17H28N2/c1-14(2)12-18-13-16-11-15(3)7-8-17(16)19-9-5-4-6-10-19/h7-8,11,14,18H,4-6,9-10,12-13H2,1-3H3. The lowest BCUT2D eigenvalue weighted by atomic mass is 10.0. The normalized spacial score (nSPS) is 16.1. The molecule has 1 heterocycles. The Morgan fingerprint density at radius 1 is 1.16 bits per heavy atom. The Morgan fingerprint density at radius 3 is 2.58 bits per heavy atom. The quantitative estimate of drug-likeness (QED) is 0.868. The van der Waals surface area contributed by atoms with E-state index >= 15 is 0 Å². The summed E-state index contributed by atoms with van der Waals surface area (Å²) >= 11 is 0. The summed E-state index contributed by atoms with van der Waals surface area (Å²) < 4.78 is 0. The van der Waals surface area contributed by atoms with Crippen molar-refractivity contribution in [1.82, 2.24) is 5.32 Å². The summed E-state index contributed by atoms with van der Waals surface area (Å²) in [6, 6.07) is 6.90. The Morgan fingerprint density at radius 2 is 1.89 bits per heavy atom. The number of aryl methyl sites for hydroxylation is 1. The van der Waals surface area contributed by atoms with Crippen LogP contribution < -0.4 is 10.2 Å². The van der Waals surface area contributed by atoms with E-state index in [4.69, 9.17) is 0 Å². The largest absolute Gasteiger partial charge is 0.371 e. The first-order valence-electron chi connectivity index (χ1n) is 7.72. The van der Waals surface area contributed by atoms with Crippen molar-refractivity contribution in [3.05, 3.63) is 29.3 Å². The van der Waals surface area contributed by atoms with Gasteiger partial charge in [0, 0.05) is 25.3 Å². The Labute approximate surface area is 118 Å². The summed E-state index contributed by atoms with van der Waals surface area (Å²) in [5.74, 6) is 0.711. The second-order valence-electron chi connectivity index (χ2n) is 6.20. The van der Waals surface area contributed by atoms with Crippen LogP contribution in [-0.2, 0) is 6.54 Å². The molecule has 0 atom stereocenters. The van der Waals surface area contributed by atoms with Crippen LogP contribution in [0.1, 0.15) is 44.2 Å². The monoisotopic (exact) mass is 260 g/mol. The highest BCUT2D eigenvalue weighted by Gasteiger charge is 2.14. The van der Waals surface area contributed by atoms with E-state index in [2.05, 4.69) is 49.2 Å². The van der Waals surface area contributed by atoms with Crippen LogP contribution in [0.4, 0.5) is 5.69 Å². The second-order valence-corrected chi connectivity index (χ2v) is 6.20. The lowest BCUT2D eigenvalue weighted by Crippen LogP contribution is -2.31. The number of piperidine rings is 1. The summed E-state index contributed by atoms with van der Waals surface area (Å²) in [4.78, 5) is 2.56. The Kier molecular flexibility index (Phi) is 5.26. The van der Waals surface area contributed by atoms with Crippen molar-refractivity contribution in [3.8, 4) is 0 Å². The third-order valence-electron chi connectivity index (χ3n) is 3.80. The van der Waals surface area contributed by atoms with Gasteiger partial charge in [-0.3, -0.25) is 0 Å². The molecule has 2 heteroatoms. The average molecular weight is 260 g/mol. The van der Waals surface area contributed by atoms with E-state index in [9.17, 15) is 0 Å². The maximum Gasteiger partial charge on any atom is 0.0412 e. The number of anilines is 1. The van der Waals surface area contributed by atoms with E-state index in [-0.39, 0.29) is 0 Å². The van der Waals surface area contributed by atoms with Crippen LogP contribution in [0.25, 0.3) is 0 Å². The van der Waals surface area contributed by atoms with Crippen LogP contribution in [0, 0.1) is 12.8 Å². The van der Waals surface area contributed by atoms with Crippen molar-refractivity contribution in [2.75, 3.05) is 24.5 Å². The molecule has 0 spiro atoms. The number of nitrogens with one attached hydrogen (secondary N) is 1. The average Bonchev–Trinajstić information content (AvgIpc) is 2.39. The smallest absolute Gasteiger partial charge is 0.0412 e. The van der Waals surface area contributed by atoms with Crippen LogP contribution in [0.5, 0.6) is 0 Å². The number of rotatable bonds is 5. The molecule has 1 aromatic rings. The molecule has 106 valence electrons. The van der Waals surface area contributed by atoms with Crippen LogP contribution in [0.3, 0.4) is 0 Å². The third kappa shape index (κ3) is 4.24. The van der Waals surface area contributed by atoms with Gasteiger partial charge < -0.3 is 10.2 Å². The molecule has 19 heavy (non-hydrogen) atoms. The predicted molar refractivity (Wildman–Crippen MR) is 83.8 cm³/mol. The van der Waals surface area contributed by atoms with Crippen molar-refractivity contribution in [3.63, 3.8) is 0 Å². The van der Waals surface area contributed by atoms with E-state index in [1.54, 1.807) is 0 Å². The summed E-state index contributed by atoms with van der Waals surface area (Å²) in [7, 11) is 0. The first-order valence-corrected chi connectivity index (χ1v) is 7.72. The molecule has 0 saturated carbocycles. The molecule has 0 unspecified atom stereocenters. The minimum atomic E-state index is 0.711. The molecule has 1 aromatic carbocycles. The summed E-state index contributed by atoms with van der Waals surface area (Å²) in [5.41, 5.74) is 4.27. The highest BCUT2D eigenvalue weighted by atomic mass is 15.1. The first-order chi connectivity index (χ1) is 9.16. The van der Waals surface area contributed by atoms with Crippen LogP contribution >= 0.6 is 0 Å². The number of hydrogen-bond acceptors (Lipinski definition) is 2. The lowest BCUT2D eigenvalue weighted by molar-refractivity contribution is 0.547. The van der Waals surface area contributed by atoms with E-state index < -0.39 is 0 Å². The fourth-order valence-corrected chi connectivity index (χ4v) is 2.79. The lowest BCUT2D eigenvalue weighted by Gasteiger charge is -2.31. The van der Waals surface area contributed by atoms with Gasteiger partial charge in [0.25, 0.3) is 0 Å². The summed E-state index contributed by atoms with van der Waals surface area (Å²) in [6.45, 7) is 11.2. The van der Waals surface area contributed by atoms with Gasteiger partial charge in [0.1, 0.15) is 0 Å². The van der Waals surface area contributed by atoms with Gasteiger partial charge in [-0.25, -0.2) is 0 Å². The minimum Gasteiger partial charge on any atom is -0.371 e. The Balaban J connectivity index is 2.08. The molecule has 1 saturated heterocycles. The van der Waals surface area contributed by atoms with Gasteiger partial charge in [0.2, 0.25) is 0 Å². The Bertz CT molecular complexity index is 392. The molecule has 0 aromatic heterocycles. The van der Waals surface area contributed by atoms with Gasteiger partial charge in [-0.15, -0.1) is 0 Å². The molecule has 0 radical (unpaired) electrons. The van der Waals surface area contributed by atoms with Crippen LogP contribution in [0.2, 0.25) is 0 Å². The van der Waals surface area contributed by atoms with Gasteiger partial charge in [-0.2, -0.15) is 0 Å². The first kappa shape index (κ1) is 14.4. The van der Waals surface area contributed by atoms with Crippen molar-refractivity contribution < 1.29 is 0 Å². The Hall–Kier alpha value is -1.02. The SMILES string of the molecule is Cc1ccc(N2CCCCC2)c(CNCC(C)C)c1. The van der Waals surface area contributed by atoms with Crippen molar-refractivity contribution in [2.45, 2.75) is 46.6 Å². The molecule has 1 fully saturated rings. The molecule has 0 bridgehead atoms.